The molecule has 2 heterocycles. The Bertz CT molecular complexity index is 330. The molecule has 1 aromatic heterocycles. The van der Waals surface area contributed by atoms with Gasteiger partial charge in [0.05, 0.1) is 5.69 Å². The molecule has 1 aromatic rings. The van der Waals surface area contributed by atoms with Crippen LogP contribution in [0.15, 0.2) is 12.4 Å². The van der Waals surface area contributed by atoms with Gasteiger partial charge in [-0.3, -0.25) is 4.90 Å². The van der Waals surface area contributed by atoms with E-state index in [1.54, 1.807) is 6.33 Å². The highest BCUT2D eigenvalue weighted by atomic mass is 15.1. The number of hydrogen-bond acceptors (Lipinski definition) is 3. The van der Waals surface area contributed by atoms with Gasteiger partial charge in [-0.15, -0.1) is 0 Å². The van der Waals surface area contributed by atoms with E-state index in [1.807, 2.05) is 0 Å². The largest absolute Gasteiger partial charge is 0.298 e. The first-order valence-corrected chi connectivity index (χ1v) is 6.29. The van der Waals surface area contributed by atoms with Gasteiger partial charge >= 0.3 is 0 Å². The average Bonchev–Trinajstić information content (AvgIpc) is 2.30. The molecule has 0 amide bonds. The van der Waals surface area contributed by atoms with Crippen molar-refractivity contribution in [1.82, 2.24) is 14.9 Å². The zero-order valence-electron chi connectivity index (χ0n) is 10.3. The van der Waals surface area contributed by atoms with E-state index in [0.29, 0.717) is 5.92 Å². The molecule has 0 aromatic carbocycles. The van der Waals surface area contributed by atoms with Crippen LogP contribution >= 0.6 is 0 Å². The summed E-state index contributed by atoms with van der Waals surface area (Å²) < 4.78 is 0. The van der Waals surface area contributed by atoms with Gasteiger partial charge in [-0.25, -0.2) is 9.97 Å². The number of piperidine rings is 1. The molecular weight excluding hydrogens is 198 g/mol. The number of rotatable bonds is 3. The minimum absolute atomic E-state index is 0.489. The first-order valence-electron chi connectivity index (χ1n) is 6.29. The van der Waals surface area contributed by atoms with Crippen molar-refractivity contribution in [3.05, 3.63) is 23.8 Å². The Morgan fingerprint density at radius 3 is 2.62 bits per heavy atom. The molecule has 0 bridgehead atoms. The molecule has 0 N–H and O–H groups in total. The molecule has 0 spiro atoms. The monoisotopic (exact) mass is 219 g/mol. The second-order valence-electron chi connectivity index (χ2n) is 4.93. The Kier molecular flexibility index (Phi) is 3.88. The fourth-order valence-corrected chi connectivity index (χ4v) is 2.16. The Morgan fingerprint density at radius 1 is 1.19 bits per heavy atom. The van der Waals surface area contributed by atoms with Gasteiger partial charge in [0, 0.05) is 12.2 Å². The van der Waals surface area contributed by atoms with Crippen LogP contribution in [0.1, 0.15) is 50.4 Å². The van der Waals surface area contributed by atoms with E-state index in [-0.39, 0.29) is 0 Å². The van der Waals surface area contributed by atoms with E-state index in [9.17, 15) is 0 Å². The summed E-state index contributed by atoms with van der Waals surface area (Å²) in [6, 6.07) is 2.15. The topological polar surface area (TPSA) is 29.0 Å². The molecule has 3 heteroatoms. The molecule has 0 saturated carbocycles. The molecule has 88 valence electrons. The maximum Gasteiger partial charge on any atom is 0.115 e. The second-order valence-corrected chi connectivity index (χ2v) is 4.93. The fraction of sp³-hybridized carbons (Fsp3) is 0.692. The van der Waals surface area contributed by atoms with Gasteiger partial charge in [0.15, 0.2) is 0 Å². The van der Waals surface area contributed by atoms with Crippen molar-refractivity contribution < 1.29 is 0 Å². The van der Waals surface area contributed by atoms with Crippen LogP contribution in [-0.2, 0) is 6.54 Å². The van der Waals surface area contributed by atoms with Gasteiger partial charge in [0.25, 0.3) is 0 Å². The van der Waals surface area contributed by atoms with Crippen molar-refractivity contribution in [2.24, 2.45) is 0 Å². The molecule has 0 unspecified atom stereocenters. The summed E-state index contributed by atoms with van der Waals surface area (Å²) in [5, 5.41) is 0. The third kappa shape index (κ3) is 3.01. The molecule has 1 fully saturated rings. The van der Waals surface area contributed by atoms with E-state index in [1.165, 1.54) is 38.0 Å². The van der Waals surface area contributed by atoms with Crippen LogP contribution in [-0.4, -0.2) is 28.0 Å². The minimum atomic E-state index is 0.489. The summed E-state index contributed by atoms with van der Waals surface area (Å²) in [7, 11) is 0. The summed E-state index contributed by atoms with van der Waals surface area (Å²) in [5.74, 6) is 0.489. The predicted octanol–water partition coefficient (Wildman–Crippen LogP) is 2.59. The van der Waals surface area contributed by atoms with Crippen LogP contribution in [0.5, 0.6) is 0 Å². The van der Waals surface area contributed by atoms with Gasteiger partial charge in [0.1, 0.15) is 6.33 Å². The smallest absolute Gasteiger partial charge is 0.115 e. The Morgan fingerprint density at radius 2 is 1.94 bits per heavy atom. The predicted molar refractivity (Wildman–Crippen MR) is 65.2 cm³/mol. The average molecular weight is 219 g/mol. The number of hydrogen-bond donors (Lipinski definition) is 0. The molecule has 1 saturated heterocycles. The van der Waals surface area contributed by atoms with Crippen LogP contribution in [0.3, 0.4) is 0 Å². The zero-order chi connectivity index (χ0) is 11.4. The van der Waals surface area contributed by atoms with E-state index in [0.717, 1.165) is 12.2 Å². The zero-order valence-corrected chi connectivity index (χ0v) is 10.3. The molecule has 0 atom stereocenters. The van der Waals surface area contributed by atoms with Crippen LogP contribution < -0.4 is 0 Å². The van der Waals surface area contributed by atoms with Crippen LogP contribution in [0.25, 0.3) is 0 Å². The maximum atomic E-state index is 4.36. The first kappa shape index (κ1) is 11.5. The lowest BCUT2D eigenvalue weighted by Crippen LogP contribution is -2.29. The van der Waals surface area contributed by atoms with Crippen LogP contribution in [0.4, 0.5) is 0 Å². The summed E-state index contributed by atoms with van der Waals surface area (Å²) in [4.78, 5) is 11.2. The van der Waals surface area contributed by atoms with E-state index in [2.05, 4.69) is 34.8 Å². The molecular formula is C13H21N3. The summed E-state index contributed by atoms with van der Waals surface area (Å²) in [6.45, 7) is 7.78. The van der Waals surface area contributed by atoms with Crippen LogP contribution in [0, 0.1) is 0 Å². The Balaban J connectivity index is 2.00. The van der Waals surface area contributed by atoms with Crippen molar-refractivity contribution >= 4 is 0 Å². The molecule has 0 aliphatic carbocycles. The van der Waals surface area contributed by atoms with Crippen molar-refractivity contribution in [2.45, 2.75) is 45.6 Å². The third-order valence-corrected chi connectivity index (χ3v) is 3.17. The van der Waals surface area contributed by atoms with Crippen molar-refractivity contribution in [3.8, 4) is 0 Å². The van der Waals surface area contributed by atoms with Crippen molar-refractivity contribution in [1.29, 1.82) is 0 Å². The van der Waals surface area contributed by atoms with Gasteiger partial charge in [-0.05, 0) is 37.9 Å². The van der Waals surface area contributed by atoms with Crippen molar-refractivity contribution in [3.63, 3.8) is 0 Å². The highest BCUT2D eigenvalue weighted by Gasteiger charge is 2.11. The lowest BCUT2D eigenvalue weighted by molar-refractivity contribution is 0.218. The highest BCUT2D eigenvalue weighted by Crippen LogP contribution is 2.14. The number of nitrogens with zero attached hydrogens (tertiary/aromatic N) is 3. The second kappa shape index (κ2) is 5.39. The maximum absolute atomic E-state index is 4.36. The fourth-order valence-electron chi connectivity index (χ4n) is 2.16. The highest BCUT2D eigenvalue weighted by molar-refractivity contribution is 5.11. The van der Waals surface area contributed by atoms with Gasteiger partial charge in [-0.2, -0.15) is 0 Å². The number of likely N-dealkylation sites (tertiary alicyclic amines) is 1. The molecule has 3 nitrogen and oxygen atoms in total. The van der Waals surface area contributed by atoms with Gasteiger partial charge in [-0.1, -0.05) is 20.3 Å². The molecule has 1 aliphatic rings. The van der Waals surface area contributed by atoms with Crippen molar-refractivity contribution in [2.75, 3.05) is 13.1 Å². The summed E-state index contributed by atoms with van der Waals surface area (Å²) >= 11 is 0. The quantitative estimate of drug-likeness (QED) is 0.782. The van der Waals surface area contributed by atoms with Crippen LogP contribution in [0.2, 0.25) is 0 Å². The molecule has 1 aliphatic heterocycles. The van der Waals surface area contributed by atoms with E-state index < -0.39 is 0 Å². The Hall–Kier alpha value is -0.960. The normalized spacial score (nSPS) is 17.9. The van der Waals surface area contributed by atoms with E-state index in [4.69, 9.17) is 0 Å². The molecule has 16 heavy (non-hydrogen) atoms. The lowest BCUT2D eigenvalue weighted by atomic mass is 10.1. The molecule has 2 rings (SSSR count). The third-order valence-electron chi connectivity index (χ3n) is 3.17. The summed E-state index contributed by atoms with van der Waals surface area (Å²) in [6.07, 6.45) is 5.76. The van der Waals surface area contributed by atoms with E-state index >= 15 is 0 Å². The minimum Gasteiger partial charge on any atom is -0.298 e. The Labute approximate surface area is 97.9 Å². The first-order chi connectivity index (χ1) is 7.75. The SMILES string of the molecule is CC(C)c1cc(CN2CCCCC2)ncn1. The standard InChI is InChI=1S/C13H21N3/c1-11(2)13-8-12(14-10-15-13)9-16-6-4-3-5-7-16/h8,10-11H,3-7,9H2,1-2H3. The van der Waals surface area contributed by atoms with Gasteiger partial charge < -0.3 is 0 Å². The lowest BCUT2D eigenvalue weighted by Gasteiger charge is -2.26. The summed E-state index contributed by atoms with van der Waals surface area (Å²) in [5.41, 5.74) is 2.32. The molecule has 0 radical (unpaired) electrons. The van der Waals surface area contributed by atoms with Gasteiger partial charge in [0.2, 0.25) is 0 Å². The number of aromatic nitrogens is 2.